The van der Waals surface area contributed by atoms with Gasteiger partial charge in [-0.2, -0.15) is 0 Å². The molecule has 0 saturated carbocycles. The predicted molar refractivity (Wildman–Crippen MR) is 56.5 cm³/mol. The molecule has 1 saturated heterocycles. The Labute approximate surface area is 96.6 Å². The van der Waals surface area contributed by atoms with E-state index in [0.29, 0.717) is 5.56 Å². The van der Waals surface area contributed by atoms with Crippen molar-refractivity contribution in [2.24, 2.45) is 0 Å². The topological polar surface area (TPSA) is 78.4 Å². The highest BCUT2D eigenvalue weighted by Gasteiger charge is 2.31. The van der Waals surface area contributed by atoms with Gasteiger partial charge < -0.3 is 10.4 Å². The van der Waals surface area contributed by atoms with Crippen LogP contribution in [-0.4, -0.2) is 23.0 Å². The molecule has 1 heterocycles. The smallest absolute Gasteiger partial charge is 0.321 e. The van der Waals surface area contributed by atoms with E-state index in [2.05, 4.69) is 10.6 Å². The van der Waals surface area contributed by atoms with Crippen LogP contribution in [0.3, 0.4) is 0 Å². The van der Waals surface area contributed by atoms with Crippen LogP contribution in [0, 0.1) is 5.82 Å². The summed E-state index contributed by atoms with van der Waals surface area (Å²) in [6.45, 7) is 0. The molecule has 1 aliphatic heterocycles. The molecule has 1 aliphatic rings. The van der Waals surface area contributed by atoms with Crippen LogP contribution >= 0.6 is 0 Å². The average molecular weight is 238 g/mol. The van der Waals surface area contributed by atoms with Gasteiger partial charge in [-0.05, 0) is 17.7 Å². The van der Waals surface area contributed by atoms with E-state index in [4.69, 9.17) is 5.11 Å². The van der Waals surface area contributed by atoms with E-state index in [-0.39, 0.29) is 12.3 Å². The number of benzene rings is 1. The molecule has 2 rings (SSSR count). The molecule has 1 fully saturated rings. The quantitative estimate of drug-likeness (QED) is 0.696. The fourth-order valence-electron chi connectivity index (χ4n) is 1.73. The summed E-state index contributed by atoms with van der Waals surface area (Å²) < 4.78 is 13.0. The second-order valence-electron chi connectivity index (χ2n) is 3.82. The lowest BCUT2D eigenvalue weighted by molar-refractivity contribution is -0.143. The maximum Gasteiger partial charge on any atom is 0.321 e. The molecule has 17 heavy (non-hydrogen) atoms. The van der Waals surface area contributed by atoms with Crippen LogP contribution in [-0.2, 0) is 9.59 Å². The number of carboxylic acid groups (broad SMARTS) is 1. The van der Waals surface area contributed by atoms with Crippen LogP contribution < -0.4 is 10.6 Å². The van der Waals surface area contributed by atoms with Crippen molar-refractivity contribution in [3.05, 3.63) is 35.6 Å². The molecule has 0 spiro atoms. The molecule has 2 atom stereocenters. The van der Waals surface area contributed by atoms with Gasteiger partial charge in [0.05, 0.1) is 6.42 Å². The first-order chi connectivity index (χ1) is 8.06. The summed E-state index contributed by atoms with van der Waals surface area (Å²) in [7, 11) is 0. The van der Waals surface area contributed by atoms with Crippen molar-refractivity contribution in [1.82, 2.24) is 10.6 Å². The molecule has 0 bridgehead atoms. The minimum Gasteiger partial charge on any atom is -0.480 e. The monoisotopic (exact) mass is 238 g/mol. The van der Waals surface area contributed by atoms with E-state index in [1.54, 1.807) is 6.07 Å². The summed E-state index contributed by atoms with van der Waals surface area (Å²) in [5, 5.41) is 14.2. The molecule has 1 aromatic carbocycles. The van der Waals surface area contributed by atoms with Gasteiger partial charge in [0.2, 0.25) is 5.91 Å². The molecule has 5 nitrogen and oxygen atoms in total. The first-order valence-electron chi connectivity index (χ1n) is 5.10. The highest BCUT2D eigenvalue weighted by molar-refractivity contribution is 5.85. The van der Waals surface area contributed by atoms with Gasteiger partial charge in [0.25, 0.3) is 0 Å². The fraction of sp³-hybridized carbons (Fsp3) is 0.273. The second kappa shape index (κ2) is 4.50. The highest BCUT2D eigenvalue weighted by atomic mass is 19.1. The molecule has 90 valence electrons. The first kappa shape index (κ1) is 11.5. The van der Waals surface area contributed by atoms with Gasteiger partial charge in [-0.1, -0.05) is 12.1 Å². The Hall–Kier alpha value is -1.95. The number of hydrogen-bond acceptors (Lipinski definition) is 3. The van der Waals surface area contributed by atoms with E-state index in [1.165, 1.54) is 18.2 Å². The maximum atomic E-state index is 13.0. The summed E-state index contributed by atoms with van der Waals surface area (Å²) in [5.74, 6) is -1.90. The van der Waals surface area contributed by atoms with E-state index >= 15 is 0 Å². The summed E-state index contributed by atoms with van der Waals surface area (Å²) >= 11 is 0. The number of halogens is 1. The van der Waals surface area contributed by atoms with Gasteiger partial charge in [0, 0.05) is 0 Å². The highest BCUT2D eigenvalue weighted by Crippen LogP contribution is 2.16. The Kier molecular flexibility index (Phi) is 3.06. The number of carboxylic acids is 1. The summed E-state index contributed by atoms with van der Waals surface area (Å²) in [4.78, 5) is 22.2. The Balaban J connectivity index is 2.21. The molecule has 0 radical (unpaired) electrons. The molecule has 0 aliphatic carbocycles. The number of rotatable bonds is 2. The number of amides is 1. The molecule has 6 heteroatoms. The third-order valence-electron chi connectivity index (χ3n) is 2.54. The largest absolute Gasteiger partial charge is 0.480 e. The molecular formula is C11H11FN2O3. The Morgan fingerprint density at radius 1 is 1.47 bits per heavy atom. The van der Waals surface area contributed by atoms with Crippen molar-refractivity contribution >= 4 is 11.9 Å². The van der Waals surface area contributed by atoms with Crippen molar-refractivity contribution in [3.8, 4) is 0 Å². The summed E-state index contributed by atoms with van der Waals surface area (Å²) in [5.41, 5.74) is 0.490. The lowest BCUT2D eigenvalue weighted by Crippen LogP contribution is -2.53. The van der Waals surface area contributed by atoms with E-state index < -0.39 is 24.0 Å². The predicted octanol–water partition coefficient (Wildman–Crippen LogP) is 0.387. The number of aliphatic carboxylic acids is 1. The average Bonchev–Trinajstić information content (AvgIpc) is 2.28. The minimum absolute atomic E-state index is 0.124. The van der Waals surface area contributed by atoms with E-state index in [0.717, 1.165) is 0 Å². The summed E-state index contributed by atoms with van der Waals surface area (Å²) in [6.07, 6.45) is -0.797. The number of carbonyl (C=O) groups is 2. The molecule has 1 amide bonds. The Morgan fingerprint density at radius 3 is 2.88 bits per heavy atom. The first-order valence-corrected chi connectivity index (χ1v) is 5.10. The lowest BCUT2D eigenvalue weighted by Gasteiger charge is -2.29. The molecule has 0 aromatic heterocycles. The van der Waals surface area contributed by atoms with E-state index in [1.807, 2.05) is 0 Å². The maximum absolute atomic E-state index is 13.0. The van der Waals surface area contributed by atoms with Crippen LogP contribution in [0.2, 0.25) is 0 Å². The Morgan fingerprint density at radius 2 is 2.24 bits per heavy atom. The van der Waals surface area contributed by atoms with Gasteiger partial charge in [-0.25, -0.2) is 4.39 Å². The van der Waals surface area contributed by atoms with Crippen molar-refractivity contribution in [3.63, 3.8) is 0 Å². The van der Waals surface area contributed by atoms with Gasteiger partial charge in [0.15, 0.2) is 0 Å². The van der Waals surface area contributed by atoms with Crippen molar-refractivity contribution in [2.75, 3.05) is 0 Å². The van der Waals surface area contributed by atoms with Crippen LogP contribution in [0.4, 0.5) is 4.39 Å². The zero-order valence-electron chi connectivity index (χ0n) is 8.81. The Bertz CT molecular complexity index is 464. The molecular weight excluding hydrogens is 227 g/mol. The number of carbonyl (C=O) groups excluding carboxylic acids is 1. The van der Waals surface area contributed by atoms with Gasteiger partial charge in [-0.15, -0.1) is 0 Å². The minimum atomic E-state index is -1.10. The van der Waals surface area contributed by atoms with Crippen molar-refractivity contribution < 1.29 is 19.1 Å². The number of hydrogen-bond donors (Lipinski definition) is 3. The molecule has 1 aromatic rings. The molecule has 3 N–H and O–H groups in total. The normalized spacial score (nSPS) is 24.2. The second-order valence-corrected chi connectivity index (χ2v) is 3.82. The number of nitrogens with one attached hydrogen (secondary N) is 2. The fourth-order valence-corrected chi connectivity index (χ4v) is 1.73. The van der Waals surface area contributed by atoms with Crippen LogP contribution in [0.25, 0.3) is 0 Å². The van der Waals surface area contributed by atoms with Crippen molar-refractivity contribution in [2.45, 2.75) is 18.6 Å². The van der Waals surface area contributed by atoms with Crippen LogP contribution in [0.15, 0.2) is 24.3 Å². The SMILES string of the molecule is O=C1CC(C(=O)O)NC(c2cccc(F)c2)N1. The zero-order chi connectivity index (χ0) is 12.4. The van der Waals surface area contributed by atoms with Gasteiger partial charge in [-0.3, -0.25) is 14.9 Å². The van der Waals surface area contributed by atoms with Crippen LogP contribution in [0.5, 0.6) is 0 Å². The van der Waals surface area contributed by atoms with Gasteiger partial charge >= 0.3 is 5.97 Å². The standard InChI is InChI=1S/C11H11FN2O3/c12-7-3-1-2-6(4-7)10-13-8(11(16)17)5-9(15)14-10/h1-4,8,10,13H,5H2,(H,14,15)(H,16,17). The van der Waals surface area contributed by atoms with E-state index in [9.17, 15) is 14.0 Å². The van der Waals surface area contributed by atoms with Gasteiger partial charge in [0.1, 0.15) is 18.0 Å². The summed E-state index contributed by atoms with van der Waals surface area (Å²) in [6, 6.07) is 4.70. The van der Waals surface area contributed by atoms with Crippen LogP contribution in [0.1, 0.15) is 18.2 Å². The lowest BCUT2D eigenvalue weighted by atomic mass is 10.1. The third kappa shape index (κ3) is 2.59. The zero-order valence-corrected chi connectivity index (χ0v) is 8.81. The third-order valence-corrected chi connectivity index (χ3v) is 2.54. The van der Waals surface area contributed by atoms with Crippen molar-refractivity contribution in [1.29, 1.82) is 0 Å². The molecule has 2 unspecified atom stereocenters.